The van der Waals surface area contributed by atoms with Crippen molar-refractivity contribution in [1.29, 1.82) is 0 Å². The molecule has 0 aliphatic rings. The summed E-state index contributed by atoms with van der Waals surface area (Å²) in [5, 5.41) is 5.82. The molecule has 0 fully saturated rings. The topological polar surface area (TPSA) is 95.1 Å². The molecule has 0 radical (unpaired) electrons. The molecule has 0 saturated carbocycles. The number of unbranched alkanes of at least 4 members (excludes halogenated alkanes) is 2. The summed E-state index contributed by atoms with van der Waals surface area (Å²) in [6.07, 6.45) is 2.28. The minimum Gasteiger partial charge on any atom is -0.497 e. The number of carbonyl (C=O) groups is 2. The summed E-state index contributed by atoms with van der Waals surface area (Å²) in [7, 11) is 4.67. The van der Waals surface area contributed by atoms with Crippen molar-refractivity contribution >= 4 is 11.8 Å². The quantitative estimate of drug-likeness (QED) is 0.246. The summed E-state index contributed by atoms with van der Waals surface area (Å²) < 4.78 is 21.8. The molecule has 2 N–H and O–H groups in total. The summed E-state index contributed by atoms with van der Waals surface area (Å²) in [5.41, 5.74) is 1.47. The van der Waals surface area contributed by atoms with Crippen molar-refractivity contribution in [2.75, 3.05) is 27.9 Å². The molecule has 37 heavy (non-hydrogen) atoms. The number of rotatable bonds is 13. The molecule has 0 bridgehead atoms. The molecule has 8 heteroatoms. The van der Waals surface area contributed by atoms with Gasteiger partial charge in [-0.25, -0.2) is 0 Å². The molecule has 8 nitrogen and oxygen atoms in total. The second-order valence-corrected chi connectivity index (χ2v) is 8.30. The van der Waals surface area contributed by atoms with Gasteiger partial charge in [0.1, 0.15) is 17.7 Å². The molecular weight excluding hydrogens is 472 g/mol. The Kier molecular flexibility index (Phi) is 10.2. The van der Waals surface area contributed by atoms with Crippen LogP contribution in [0.15, 0.2) is 66.7 Å². The Morgan fingerprint density at radius 3 is 1.70 bits per heavy atom. The highest BCUT2D eigenvalue weighted by atomic mass is 16.5. The first-order chi connectivity index (χ1) is 18.0. The number of amides is 2. The van der Waals surface area contributed by atoms with Gasteiger partial charge in [-0.3, -0.25) is 9.59 Å². The van der Waals surface area contributed by atoms with Crippen LogP contribution in [-0.2, 0) is 0 Å². The summed E-state index contributed by atoms with van der Waals surface area (Å²) in [4.78, 5) is 26.2. The fraction of sp³-hybridized carbons (Fsp3) is 0.310. The van der Waals surface area contributed by atoms with Crippen molar-refractivity contribution < 1.29 is 28.5 Å². The molecule has 0 unspecified atom stereocenters. The van der Waals surface area contributed by atoms with Crippen LogP contribution in [-0.4, -0.2) is 39.8 Å². The number of methoxy groups -OCH3 is 3. The minimum absolute atomic E-state index is 0.360. The van der Waals surface area contributed by atoms with E-state index in [1.165, 1.54) is 0 Å². The van der Waals surface area contributed by atoms with Crippen LogP contribution in [0.4, 0.5) is 0 Å². The van der Waals surface area contributed by atoms with Crippen LogP contribution in [0.1, 0.15) is 58.6 Å². The van der Waals surface area contributed by atoms with Crippen LogP contribution in [0.5, 0.6) is 23.0 Å². The Hall–Kier alpha value is -4.20. The van der Waals surface area contributed by atoms with E-state index < -0.39 is 6.17 Å². The van der Waals surface area contributed by atoms with Crippen LogP contribution in [0, 0.1) is 0 Å². The van der Waals surface area contributed by atoms with Gasteiger partial charge in [0, 0.05) is 11.1 Å². The van der Waals surface area contributed by atoms with E-state index in [4.69, 9.17) is 18.9 Å². The summed E-state index contributed by atoms with van der Waals surface area (Å²) in [5.74, 6) is 1.67. The maximum Gasteiger partial charge on any atom is 0.253 e. The van der Waals surface area contributed by atoms with E-state index in [-0.39, 0.29) is 11.8 Å². The normalized spacial score (nSPS) is 10.5. The first-order valence-electron chi connectivity index (χ1n) is 12.2. The van der Waals surface area contributed by atoms with Gasteiger partial charge in [-0.2, -0.15) is 0 Å². The van der Waals surface area contributed by atoms with Crippen molar-refractivity contribution in [3.63, 3.8) is 0 Å². The number of hydrogen-bond acceptors (Lipinski definition) is 6. The van der Waals surface area contributed by atoms with Gasteiger partial charge >= 0.3 is 0 Å². The molecule has 196 valence electrons. The highest BCUT2D eigenvalue weighted by Crippen LogP contribution is 2.30. The van der Waals surface area contributed by atoms with Gasteiger partial charge in [0.05, 0.1) is 27.9 Å². The molecule has 3 aromatic carbocycles. The Morgan fingerprint density at radius 1 is 0.703 bits per heavy atom. The second-order valence-electron chi connectivity index (χ2n) is 8.30. The van der Waals surface area contributed by atoms with E-state index >= 15 is 0 Å². The Morgan fingerprint density at radius 2 is 1.24 bits per heavy atom. The zero-order chi connectivity index (χ0) is 26.6. The zero-order valence-corrected chi connectivity index (χ0v) is 21.7. The standard InChI is InChI=1S/C29H34N2O6/c1-5-6-7-18-37-25-17-12-22(19-26(25)36-4)27(30-28(32)20-8-13-23(34-2)14-9-20)31-29(33)21-10-15-24(35-3)16-11-21/h8-17,19,27H,5-7,18H2,1-4H3,(H,30,32)(H,31,33). The van der Waals surface area contributed by atoms with E-state index in [2.05, 4.69) is 17.6 Å². The molecule has 0 heterocycles. The molecule has 0 saturated heterocycles. The van der Waals surface area contributed by atoms with Crippen LogP contribution in [0.2, 0.25) is 0 Å². The second kappa shape index (κ2) is 13.8. The third kappa shape index (κ3) is 7.64. The Labute approximate surface area is 217 Å². The van der Waals surface area contributed by atoms with Crippen LogP contribution < -0.4 is 29.6 Å². The van der Waals surface area contributed by atoms with Gasteiger partial charge in [0.15, 0.2) is 11.5 Å². The first-order valence-corrected chi connectivity index (χ1v) is 12.2. The largest absolute Gasteiger partial charge is 0.497 e. The highest BCUT2D eigenvalue weighted by Gasteiger charge is 2.21. The number of ether oxygens (including phenoxy) is 4. The van der Waals surface area contributed by atoms with Crippen LogP contribution in [0.25, 0.3) is 0 Å². The lowest BCUT2D eigenvalue weighted by Gasteiger charge is -2.22. The zero-order valence-electron chi connectivity index (χ0n) is 21.7. The van der Waals surface area contributed by atoms with Gasteiger partial charge in [-0.15, -0.1) is 0 Å². The highest BCUT2D eigenvalue weighted by molar-refractivity contribution is 5.97. The van der Waals surface area contributed by atoms with Gasteiger partial charge in [-0.05, 0) is 72.6 Å². The van der Waals surface area contributed by atoms with E-state index in [9.17, 15) is 9.59 Å². The Balaban J connectivity index is 1.85. The summed E-state index contributed by atoms with van der Waals surface area (Å²) in [6, 6.07) is 18.8. The molecule has 0 atom stereocenters. The van der Waals surface area contributed by atoms with Gasteiger partial charge in [-0.1, -0.05) is 25.8 Å². The predicted molar refractivity (Wildman–Crippen MR) is 142 cm³/mol. The van der Waals surface area contributed by atoms with Gasteiger partial charge < -0.3 is 29.6 Å². The fourth-order valence-corrected chi connectivity index (χ4v) is 3.63. The fourth-order valence-electron chi connectivity index (χ4n) is 3.63. The molecule has 0 aliphatic heterocycles. The van der Waals surface area contributed by atoms with E-state index in [0.717, 1.165) is 19.3 Å². The lowest BCUT2D eigenvalue weighted by molar-refractivity contribution is 0.0883. The van der Waals surface area contributed by atoms with Crippen molar-refractivity contribution in [2.45, 2.75) is 32.4 Å². The van der Waals surface area contributed by atoms with E-state index in [1.54, 1.807) is 88.1 Å². The molecule has 3 rings (SSSR count). The number of carbonyl (C=O) groups excluding carboxylic acids is 2. The monoisotopic (exact) mass is 506 g/mol. The molecule has 0 aromatic heterocycles. The maximum atomic E-state index is 13.1. The van der Waals surface area contributed by atoms with Gasteiger partial charge in [0.25, 0.3) is 11.8 Å². The summed E-state index contributed by atoms with van der Waals surface area (Å²) >= 11 is 0. The average Bonchev–Trinajstić information content (AvgIpc) is 2.95. The van der Waals surface area contributed by atoms with Crippen molar-refractivity contribution in [3.05, 3.63) is 83.4 Å². The lowest BCUT2D eigenvalue weighted by Crippen LogP contribution is -2.41. The molecule has 3 aromatic rings. The third-order valence-corrected chi connectivity index (χ3v) is 5.78. The van der Waals surface area contributed by atoms with Gasteiger partial charge in [0.2, 0.25) is 0 Å². The lowest BCUT2D eigenvalue weighted by atomic mass is 10.1. The molecule has 2 amide bonds. The average molecular weight is 507 g/mol. The van der Waals surface area contributed by atoms with Crippen LogP contribution in [0.3, 0.4) is 0 Å². The Bertz CT molecular complexity index is 1100. The molecule has 0 spiro atoms. The predicted octanol–water partition coefficient (Wildman–Crippen LogP) is 5.14. The number of hydrogen-bond donors (Lipinski definition) is 2. The van der Waals surface area contributed by atoms with E-state index in [1.807, 2.05) is 0 Å². The SMILES string of the molecule is CCCCCOc1ccc(C(NC(=O)c2ccc(OC)cc2)NC(=O)c2ccc(OC)cc2)cc1OC. The smallest absolute Gasteiger partial charge is 0.253 e. The van der Waals surface area contributed by atoms with Crippen molar-refractivity contribution in [2.24, 2.45) is 0 Å². The van der Waals surface area contributed by atoms with Crippen LogP contribution >= 0.6 is 0 Å². The number of benzene rings is 3. The maximum absolute atomic E-state index is 13.1. The molecular formula is C29H34N2O6. The van der Waals surface area contributed by atoms with Crippen molar-refractivity contribution in [1.82, 2.24) is 10.6 Å². The first kappa shape index (κ1) is 27.4. The van der Waals surface area contributed by atoms with Crippen molar-refractivity contribution in [3.8, 4) is 23.0 Å². The third-order valence-electron chi connectivity index (χ3n) is 5.78. The minimum atomic E-state index is -0.841. The van der Waals surface area contributed by atoms with E-state index in [0.29, 0.717) is 46.3 Å². The number of nitrogens with one attached hydrogen (secondary N) is 2. The molecule has 0 aliphatic carbocycles. The summed E-state index contributed by atoms with van der Waals surface area (Å²) in [6.45, 7) is 2.71.